The van der Waals surface area contributed by atoms with E-state index < -0.39 is 0 Å². The lowest BCUT2D eigenvalue weighted by Crippen LogP contribution is -2.02. The Hall–Kier alpha value is -1.28. The van der Waals surface area contributed by atoms with Crippen molar-refractivity contribution in [1.82, 2.24) is 0 Å². The monoisotopic (exact) mass is 248 g/mol. The van der Waals surface area contributed by atoms with Crippen LogP contribution in [0.2, 0.25) is 0 Å². The van der Waals surface area contributed by atoms with Crippen LogP contribution in [0.25, 0.3) is 0 Å². The van der Waals surface area contributed by atoms with E-state index in [0.717, 1.165) is 30.6 Å². The van der Waals surface area contributed by atoms with Crippen LogP contribution in [-0.4, -0.2) is 13.7 Å². The molecule has 1 aromatic carbocycles. The van der Waals surface area contributed by atoms with Gasteiger partial charge in [-0.1, -0.05) is 13.0 Å². The summed E-state index contributed by atoms with van der Waals surface area (Å²) in [5, 5.41) is 0. The number of benzene rings is 1. The summed E-state index contributed by atoms with van der Waals surface area (Å²) in [4.78, 5) is 0. The summed E-state index contributed by atoms with van der Waals surface area (Å²) in [5.41, 5.74) is 3.88. The minimum absolute atomic E-state index is 0.601. The predicted molar refractivity (Wildman–Crippen MR) is 76.2 cm³/mol. The summed E-state index contributed by atoms with van der Waals surface area (Å²) in [7, 11) is 1.72. The minimum Gasteiger partial charge on any atom is -0.493 e. The number of methoxy groups -OCH3 is 1. The Bertz CT molecular complexity index is 383. The normalized spacial score (nSPS) is 10.4. The fraction of sp³-hybridized carbons (Fsp3) is 0.500. The largest absolute Gasteiger partial charge is 0.493 e. The summed E-state index contributed by atoms with van der Waals surface area (Å²) >= 11 is 0. The maximum atomic E-state index is 5.70. The molecular weight excluding hydrogens is 224 g/mol. The van der Waals surface area contributed by atoms with Crippen molar-refractivity contribution in [1.29, 1.82) is 0 Å². The van der Waals surface area contributed by atoms with Gasteiger partial charge in [0.05, 0.1) is 13.2 Å². The Morgan fingerprint density at radius 1 is 1.17 bits per heavy atom. The van der Waals surface area contributed by atoms with Gasteiger partial charge in [-0.15, -0.1) is 6.58 Å². The molecule has 100 valence electrons. The molecule has 0 aliphatic carbocycles. The van der Waals surface area contributed by atoms with Crippen LogP contribution in [0.4, 0.5) is 0 Å². The van der Waals surface area contributed by atoms with Gasteiger partial charge in [-0.05, 0) is 49.4 Å². The van der Waals surface area contributed by atoms with Gasteiger partial charge in [0, 0.05) is 12.7 Å². The average molecular weight is 248 g/mol. The summed E-state index contributed by atoms with van der Waals surface area (Å²) in [6, 6.07) is 4.38. The Morgan fingerprint density at radius 3 is 2.50 bits per heavy atom. The van der Waals surface area contributed by atoms with Crippen molar-refractivity contribution in [3.8, 4) is 5.75 Å². The number of hydrogen-bond acceptors (Lipinski definition) is 2. The highest BCUT2D eigenvalue weighted by atomic mass is 16.5. The second kappa shape index (κ2) is 7.93. The summed E-state index contributed by atoms with van der Waals surface area (Å²) < 4.78 is 10.9. The topological polar surface area (TPSA) is 18.5 Å². The molecule has 0 saturated heterocycles. The maximum Gasteiger partial charge on any atom is 0.125 e. The van der Waals surface area contributed by atoms with E-state index in [-0.39, 0.29) is 0 Å². The molecule has 0 amide bonds. The fourth-order valence-corrected chi connectivity index (χ4v) is 2.10. The molecule has 0 heterocycles. The smallest absolute Gasteiger partial charge is 0.125 e. The number of aryl methyl sites for hydroxylation is 2. The third-order valence-corrected chi connectivity index (χ3v) is 2.98. The Balaban J connectivity index is 3.08. The minimum atomic E-state index is 0.601. The van der Waals surface area contributed by atoms with Crippen LogP contribution < -0.4 is 4.74 Å². The van der Waals surface area contributed by atoms with Crippen LogP contribution in [0.15, 0.2) is 24.8 Å². The highest BCUT2D eigenvalue weighted by Crippen LogP contribution is 2.26. The molecule has 0 saturated carbocycles. The van der Waals surface area contributed by atoms with E-state index in [1.54, 1.807) is 7.11 Å². The molecule has 0 N–H and O–H groups in total. The van der Waals surface area contributed by atoms with Crippen LogP contribution in [-0.2, 0) is 24.2 Å². The van der Waals surface area contributed by atoms with E-state index in [1.165, 1.54) is 11.1 Å². The first-order chi connectivity index (χ1) is 8.76. The lowest BCUT2D eigenvalue weighted by Gasteiger charge is -2.15. The molecule has 0 aliphatic heterocycles. The standard InChI is InChI=1S/C16H24O2/c1-5-8-9-14-11-16(18-7-3)15(12-17-4)10-13(14)6-2/h5,10-11H,1,6-9,12H2,2-4H3. The lowest BCUT2D eigenvalue weighted by molar-refractivity contribution is 0.180. The maximum absolute atomic E-state index is 5.70. The molecule has 0 atom stereocenters. The second-order valence-corrected chi connectivity index (χ2v) is 4.28. The van der Waals surface area contributed by atoms with Gasteiger partial charge in [-0.25, -0.2) is 0 Å². The SMILES string of the molecule is C=CCCc1cc(OCC)c(COC)cc1CC. The molecule has 2 nitrogen and oxygen atoms in total. The Kier molecular flexibility index (Phi) is 6.51. The highest BCUT2D eigenvalue weighted by molar-refractivity contribution is 5.43. The van der Waals surface area contributed by atoms with Gasteiger partial charge in [-0.3, -0.25) is 0 Å². The number of ether oxygens (including phenoxy) is 2. The molecule has 18 heavy (non-hydrogen) atoms. The van der Waals surface area contributed by atoms with Gasteiger partial charge in [0.2, 0.25) is 0 Å². The Labute approximate surface area is 111 Å². The number of hydrogen-bond donors (Lipinski definition) is 0. The van der Waals surface area contributed by atoms with Crippen molar-refractivity contribution < 1.29 is 9.47 Å². The lowest BCUT2D eigenvalue weighted by atomic mass is 9.97. The third kappa shape index (κ3) is 3.88. The van der Waals surface area contributed by atoms with Gasteiger partial charge < -0.3 is 9.47 Å². The van der Waals surface area contributed by atoms with Crippen molar-refractivity contribution >= 4 is 0 Å². The highest BCUT2D eigenvalue weighted by Gasteiger charge is 2.09. The molecule has 0 unspecified atom stereocenters. The van der Waals surface area contributed by atoms with Crippen LogP contribution in [0.5, 0.6) is 5.75 Å². The number of allylic oxidation sites excluding steroid dienone is 1. The fourth-order valence-electron chi connectivity index (χ4n) is 2.10. The molecule has 0 fully saturated rings. The van der Waals surface area contributed by atoms with Crippen molar-refractivity contribution in [3.05, 3.63) is 41.5 Å². The molecule has 0 radical (unpaired) electrons. The van der Waals surface area contributed by atoms with E-state index in [0.29, 0.717) is 13.2 Å². The molecular formula is C16H24O2. The first-order valence-corrected chi connectivity index (χ1v) is 6.64. The molecule has 0 aromatic heterocycles. The van der Waals surface area contributed by atoms with E-state index >= 15 is 0 Å². The van der Waals surface area contributed by atoms with E-state index in [1.807, 2.05) is 13.0 Å². The van der Waals surface area contributed by atoms with Crippen LogP contribution >= 0.6 is 0 Å². The quantitative estimate of drug-likeness (QED) is 0.649. The molecule has 0 spiro atoms. The first kappa shape index (κ1) is 14.8. The molecule has 1 aromatic rings. The van der Waals surface area contributed by atoms with Crippen LogP contribution in [0.1, 0.15) is 37.0 Å². The van der Waals surface area contributed by atoms with Gasteiger partial charge in [0.15, 0.2) is 0 Å². The first-order valence-electron chi connectivity index (χ1n) is 6.64. The van der Waals surface area contributed by atoms with Crippen molar-refractivity contribution in [2.24, 2.45) is 0 Å². The molecule has 0 aliphatic rings. The average Bonchev–Trinajstić information content (AvgIpc) is 2.39. The van der Waals surface area contributed by atoms with Gasteiger partial charge in [0.1, 0.15) is 5.75 Å². The van der Waals surface area contributed by atoms with Crippen LogP contribution in [0, 0.1) is 0 Å². The Morgan fingerprint density at radius 2 is 1.94 bits per heavy atom. The van der Waals surface area contributed by atoms with Crippen molar-refractivity contribution in [2.75, 3.05) is 13.7 Å². The van der Waals surface area contributed by atoms with E-state index in [9.17, 15) is 0 Å². The molecule has 2 heteroatoms. The van der Waals surface area contributed by atoms with Crippen LogP contribution in [0.3, 0.4) is 0 Å². The summed E-state index contributed by atoms with van der Waals surface area (Å²) in [6.45, 7) is 9.26. The zero-order chi connectivity index (χ0) is 13.4. The van der Waals surface area contributed by atoms with E-state index in [4.69, 9.17) is 9.47 Å². The van der Waals surface area contributed by atoms with Crippen molar-refractivity contribution in [3.63, 3.8) is 0 Å². The third-order valence-electron chi connectivity index (χ3n) is 2.98. The zero-order valence-corrected chi connectivity index (χ0v) is 11.8. The van der Waals surface area contributed by atoms with E-state index in [2.05, 4.69) is 25.6 Å². The molecule has 0 bridgehead atoms. The zero-order valence-electron chi connectivity index (χ0n) is 11.8. The predicted octanol–water partition coefficient (Wildman–Crippen LogP) is 3.91. The van der Waals surface area contributed by atoms with Gasteiger partial charge >= 0.3 is 0 Å². The van der Waals surface area contributed by atoms with Gasteiger partial charge in [0.25, 0.3) is 0 Å². The summed E-state index contributed by atoms with van der Waals surface area (Å²) in [5.74, 6) is 0.954. The molecule has 1 rings (SSSR count). The van der Waals surface area contributed by atoms with Gasteiger partial charge in [-0.2, -0.15) is 0 Å². The van der Waals surface area contributed by atoms with Crippen molar-refractivity contribution in [2.45, 2.75) is 39.7 Å². The summed E-state index contributed by atoms with van der Waals surface area (Å²) in [6.07, 6.45) is 5.03. The number of rotatable bonds is 8. The second-order valence-electron chi connectivity index (χ2n) is 4.28.